The lowest BCUT2D eigenvalue weighted by molar-refractivity contribution is -0.392. The van der Waals surface area contributed by atoms with Crippen LogP contribution in [0.2, 0.25) is 0 Å². The van der Waals surface area contributed by atoms with Crippen LogP contribution in [0.15, 0.2) is 11.6 Å². The van der Waals surface area contributed by atoms with Crippen molar-refractivity contribution in [1.82, 2.24) is 0 Å². The van der Waals surface area contributed by atoms with Crippen molar-refractivity contribution in [2.24, 2.45) is 50.7 Å². The third-order valence-electron chi connectivity index (χ3n) is 21.4. The zero-order valence-corrected chi connectivity index (χ0v) is 44.4. The van der Waals surface area contributed by atoms with Crippen LogP contribution in [0.3, 0.4) is 0 Å². The van der Waals surface area contributed by atoms with E-state index in [0.29, 0.717) is 38.5 Å². The van der Waals surface area contributed by atoms with Crippen LogP contribution in [-0.2, 0) is 42.7 Å². The zero-order chi connectivity index (χ0) is 54.9. The molecule has 9 aliphatic rings. The fourth-order valence-corrected chi connectivity index (χ4v) is 16.4. The van der Waals surface area contributed by atoms with Gasteiger partial charge in [-0.3, -0.25) is 4.79 Å². The Hall–Kier alpha value is -1.59. The van der Waals surface area contributed by atoms with Crippen molar-refractivity contribution in [3.05, 3.63) is 11.6 Å². The molecule has 0 unspecified atom stereocenters. The highest BCUT2D eigenvalue weighted by Gasteiger charge is 2.72. The van der Waals surface area contributed by atoms with Gasteiger partial charge in [0.05, 0.1) is 43.0 Å². The molecule has 75 heavy (non-hydrogen) atoms. The molecular weight excluding hydrogens is 989 g/mol. The zero-order valence-electron chi connectivity index (χ0n) is 44.4. The molecule has 4 saturated heterocycles. The van der Waals surface area contributed by atoms with E-state index in [9.17, 15) is 71.2 Å². The van der Waals surface area contributed by atoms with Crippen molar-refractivity contribution < 1.29 is 109 Å². The Kier molecular flexibility index (Phi) is 16.1. The van der Waals surface area contributed by atoms with Crippen LogP contribution in [0.5, 0.6) is 0 Å². The molecule has 8 fully saturated rings. The summed E-state index contributed by atoms with van der Waals surface area (Å²) in [6.45, 7) is 14.8. The first-order valence-electron chi connectivity index (χ1n) is 27.3. The fraction of sp³-hybridized carbons (Fsp3) is 0.943. The average Bonchev–Trinajstić information content (AvgIpc) is 3.38. The van der Waals surface area contributed by atoms with E-state index in [1.807, 2.05) is 6.92 Å². The number of fused-ring (bicyclic) bond motifs is 7. The van der Waals surface area contributed by atoms with Gasteiger partial charge >= 0.3 is 5.97 Å². The lowest BCUT2D eigenvalue weighted by Gasteiger charge is -2.72. The van der Waals surface area contributed by atoms with Gasteiger partial charge in [0, 0.05) is 5.92 Å². The molecule has 9 rings (SSSR count). The normalized spacial score (nSPS) is 55.8. The average molecular weight is 1080 g/mol. The Morgan fingerprint density at radius 2 is 1.21 bits per heavy atom. The Morgan fingerprint density at radius 1 is 0.613 bits per heavy atom. The summed E-state index contributed by atoms with van der Waals surface area (Å²) in [6.07, 6.45) is -22.7. The second kappa shape index (κ2) is 20.7. The molecule has 0 aromatic heterocycles. The molecule has 0 radical (unpaired) electrons. The third kappa shape index (κ3) is 9.12. The van der Waals surface area contributed by atoms with E-state index in [0.717, 1.165) is 24.8 Å². The first-order valence-corrected chi connectivity index (χ1v) is 27.3. The molecule has 0 aromatic rings. The molecule has 4 heterocycles. The van der Waals surface area contributed by atoms with Gasteiger partial charge in [-0.25, -0.2) is 0 Å². The van der Waals surface area contributed by atoms with Gasteiger partial charge in [0.1, 0.15) is 85.5 Å². The predicted molar refractivity (Wildman–Crippen MR) is 257 cm³/mol. The summed E-state index contributed by atoms with van der Waals surface area (Å²) in [5.74, 6) is -1.26. The van der Waals surface area contributed by atoms with Crippen molar-refractivity contribution in [1.29, 1.82) is 0 Å². The molecule has 0 spiro atoms. The molecule has 4 aliphatic heterocycles. The maximum Gasteiger partial charge on any atom is 0.315 e. The highest BCUT2D eigenvalue weighted by molar-refractivity contribution is 5.79. The molecule has 0 amide bonds. The fourth-order valence-electron chi connectivity index (χ4n) is 16.4. The molecule has 5 aliphatic carbocycles. The van der Waals surface area contributed by atoms with E-state index in [1.165, 1.54) is 6.92 Å². The maximum atomic E-state index is 14.8. The smallest absolute Gasteiger partial charge is 0.315 e. The summed E-state index contributed by atoms with van der Waals surface area (Å²) in [5.41, 5.74) is -3.08. The lowest BCUT2D eigenvalue weighted by Crippen LogP contribution is -2.68. The van der Waals surface area contributed by atoms with Crippen molar-refractivity contribution in [2.45, 2.75) is 242 Å². The molecule has 0 bridgehead atoms. The molecular formula is C53H86O22. The summed E-state index contributed by atoms with van der Waals surface area (Å²) >= 11 is 0. The van der Waals surface area contributed by atoms with Crippen LogP contribution in [0.4, 0.5) is 0 Å². The summed E-state index contributed by atoms with van der Waals surface area (Å²) in [5, 5.41) is 141. The number of hydrogen-bond donors (Lipinski definition) is 13. The number of allylic oxidation sites excluding steroid dienone is 1. The van der Waals surface area contributed by atoms with E-state index < -0.39 is 170 Å². The molecule has 22 nitrogen and oxygen atoms in total. The first-order chi connectivity index (χ1) is 35.0. The number of aliphatic hydroxyl groups excluding tert-OH is 12. The second-order valence-corrected chi connectivity index (χ2v) is 25.5. The number of hydrogen-bond acceptors (Lipinski definition) is 22. The molecule has 22 heteroatoms. The number of esters is 1. The first kappa shape index (κ1) is 58.1. The van der Waals surface area contributed by atoms with Crippen LogP contribution in [0, 0.1) is 50.7 Å². The van der Waals surface area contributed by atoms with Gasteiger partial charge in [0.2, 0.25) is 6.29 Å². The van der Waals surface area contributed by atoms with Crippen LogP contribution >= 0.6 is 0 Å². The molecule has 13 N–H and O–H groups in total. The predicted octanol–water partition coefficient (Wildman–Crippen LogP) is -1.40. The summed E-state index contributed by atoms with van der Waals surface area (Å²) in [6, 6.07) is 0. The van der Waals surface area contributed by atoms with E-state index in [1.54, 1.807) is 6.92 Å². The minimum Gasteiger partial charge on any atom is -0.432 e. The number of ether oxygens (including phenoxy) is 8. The highest BCUT2D eigenvalue weighted by Crippen LogP contribution is 2.76. The van der Waals surface area contributed by atoms with Gasteiger partial charge in [-0.2, -0.15) is 0 Å². The minimum atomic E-state index is -1.83. The summed E-state index contributed by atoms with van der Waals surface area (Å²) in [7, 11) is 0. The van der Waals surface area contributed by atoms with Gasteiger partial charge in [-0.15, -0.1) is 0 Å². The molecule has 29 atom stereocenters. The summed E-state index contributed by atoms with van der Waals surface area (Å²) < 4.78 is 48.4. The number of aliphatic hydroxyl groups is 13. The Bertz CT molecular complexity index is 2080. The lowest BCUT2D eigenvalue weighted by atomic mass is 9.33. The highest BCUT2D eigenvalue weighted by atomic mass is 16.8. The Morgan fingerprint density at radius 3 is 1.88 bits per heavy atom. The van der Waals surface area contributed by atoms with E-state index >= 15 is 0 Å². The van der Waals surface area contributed by atoms with Gasteiger partial charge in [0.15, 0.2) is 18.9 Å². The molecule has 0 aromatic carbocycles. The molecule has 430 valence electrons. The van der Waals surface area contributed by atoms with Gasteiger partial charge < -0.3 is 104 Å². The standard InChI is InChI=1S/C53H86O22/c1-22-11-16-53(47(66)75-44-39(65)36(62)33(59)26(19-54)70-44)18-17-50(6)24(42(53)52(22,8)67)9-10-29-49(5)14-13-30(48(3,4)28(49)12-15-51(29,50)7)72-45-40(32(58)25(56)21-68-45)74-46-41(37(63)34(60)27(20-55)71-46)73-43-38(64)35(61)31(57)23(2)69-43/h9,22-23,25-46,54-65,67H,10-21H2,1-8H3/t22-,23+,25+,26-,27-,28+,29-,30+,31+,32+,33-,34-,35-,36+,37+,38-,39-,40-,41-,42-,43+,44+,45+,46+,49+,50-,51-,52-,53+/m1/s1. The van der Waals surface area contributed by atoms with Crippen molar-refractivity contribution >= 4 is 5.97 Å². The van der Waals surface area contributed by atoms with Crippen molar-refractivity contribution in [2.75, 3.05) is 19.8 Å². The van der Waals surface area contributed by atoms with Gasteiger partial charge in [0.25, 0.3) is 0 Å². The Labute approximate surface area is 437 Å². The third-order valence-corrected chi connectivity index (χ3v) is 21.4. The number of carbonyl (C=O) groups is 1. The van der Waals surface area contributed by atoms with Crippen molar-refractivity contribution in [3.8, 4) is 0 Å². The van der Waals surface area contributed by atoms with Crippen LogP contribution < -0.4 is 0 Å². The largest absolute Gasteiger partial charge is 0.432 e. The number of rotatable bonds is 10. The van der Waals surface area contributed by atoms with Crippen LogP contribution in [0.1, 0.15) is 113 Å². The molecule has 4 saturated carbocycles. The second-order valence-electron chi connectivity index (χ2n) is 25.5. The maximum absolute atomic E-state index is 14.8. The quantitative estimate of drug-likeness (QED) is 0.0680. The summed E-state index contributed by atoms with van der Waals surface area (Å²) in [4.78, 5) is 14.8. The van der Waals surface area contributed by atoms with Crippen molar-refractivity contribution in [3.63, 3.8) is 0 Å². The number of carbonyl (C=O) groups excluding carboxylic acids is 1. The minimum absolute atomic E-state index is 0.0902. The van der Waals surface area contributed by atoms with E-state index in [4.69, 9.17) is 37.9 Å². The van der Waals surface area contributed by atoms with Crippen LogP contribution in [-0.4, -0.2) is 221 Å². The van der Waals surface area contributed by atoms with Gasteiger partial charge in [-0.05, 0) is 111 Å². The van der Waals surface area contributed by atoms with E-state index in [2.05, 4.69) is 40.7 Å². The van der Waals surface area contributed by atoms with Crippen LogP contribution in [0.25, 0.3) is 0 Å². The monoisotopic (exact) mass is 1070 g/mol. The topological polar surface area (TPSA) is 354 Å². The Balaban J connectivity index is 0.958. The van der Waals surface area contributed by atoms with E-state index in [-0.39, 0.29) is 35.2 Å². The van der Waals surface area contributed by atoms with Gasteiger partial charge in [-0.1, -0.05) is 53.2 Å². The SMILES string of the molecule is C[C@@H]1O[C@@H](O[C@H]2[C@H](O[C@H]3[C@H](O[C@H]4CC[C@]5(C)[C@H]6CC=C7[C@H]8[C@](C(=O)O[C@@H]9O[C@H](CO)[C@@H](O)[C@H](O)[C@H]9O)(CC[C@@H](C)[C@@]8(C)O)CC[C@@]7(C)[C@]6(C)CC[C@H]5C4(C)C)OC[C@H](O)[C@@H]3O)O[C@H](CO)[C@@H](O)[C@@H]2O)[C@H](O)[C@H](O)[C@H]1O.